The third kappa shape index (κ3) is 2.18. The maximum atomic E-state index is 13.5. The Bertz CT molecular complexity index is 417. The van der Waals surface area contributed by atoms with Crippen LogP contribution >= 0.6 is 15.9 Å². The first-order chi connectivity index (χ1) is 7.59. The third-order valence-corrected chi connectivity index (χ3v) is 3.62. The minimum Gasteiger partial charge on any atom is -0.316 e. The molecule has 0 bridgehead atoms. The first-order valence-electron chi connectivity index (χ1n) is 5.29. The quantitative estimate of drug-likeness (QED) is 0.865. The Morgan fingerprint density at radius 2 is 2.25 bits per heavy atom. The summed E-state index contributed by atoms with van der Waals surface area (Å²) in [5.74, 6) is -0.325. The summed E-state index contributed by atoms with van der Waals surface area (Å²) < 4.78 is 14.2. The van der Waals surface area contributed by atoms with Crippen LogP contribution in [0.25, 0.3) is 0 Å². The van der Waals surface area contributed by atoms with Crippen LogP contribution in [0.2, 0.25) is 0 Å². The molecule has 1 heterocycles. The molecule has 4 heteroatoms. The van der Waals surface area contributed by atoms with E-state index in [2.05, 4.69) is 21.2 Å². The van der Waals surface area contributed by atoms with Gasteiger partial charge >= 0.3 is 0 Å². The summed E-state index contributed by atoms with van der Waals surface area (Å²) in [5.41, 5.74) is 0.189. The highest BCUT2D eigenvalue weighted by atomic mass is 79.9. The van der Waals surface area contributed by atoms with E-state index in [1.807, 2.05) is 6.92 Å². The average Bonchev–Trinajstić information content (AvgIpc) is 2.18. The SMILES string of the molecule is CC(C(=O)c1cc(Br)ccc1F)C1CNC1. The van der Waals surface area contributed by atoms with Crippen molar-refractivity contribution in [3.05, 3.63) is 34.1 Å². The van der Waals surface area contributed by atoms with Gasteiger partial charge in [0.25, 0.3) is 0 Å². The van der Waals surface area contributed by atoms with Gasteiger partial charge in [0.1, 0.15) is 5.82 Å². The van der Waals surface area contributed by atoms with E-state index in [1.165, 1.54) is 6.07 Å². The highest BCUT2D eigenvalue weighted by molar-refractivity contribution is 9.10. The number of carbonyl (C=O) groups is 1. The Hall–Kier alpha value is -0.740. The van der Waals surface area contributed by atoms with Crippen molar-refractivity contribution in [2.45, 2.75) is 6.92 Å². The molecule has 1 unspecified atom stereocenters. The van der Waals surface area contributed by atoms with Gasteiger partial charge in [-0.25, -0.2) is 4.39 Å². The molecule has 1 N–H and O–H groups in total. The van der Waals surface area contributed by atoms with Crippen LogP contribution in [0, 0.1) is 17.7 Å². The maximum absolute atomic E-state index is 13.5. The Kier molecular flexibility index (Phi) is 3.40. The smallest absolute Gasteiger partial charge is 0.169 e. The van der Waals surface area contributed by atoms with Crippen molar-refractivity contribution in [2.24, 2.45) is 11.8 Å². The van der Waals surface area contributed by atoms with Gasteiger partial charge in [-0.1, -0.05) is 22.9 Å². The summed E-state index contributed by atoms with van der Waals surface area (Å²) in [6.07, 6.45) is 0. The molecule has 2 rings (SSSR count). The zero-order valence-corrected chi connectivity index (χ0v) is 10.6. The van der Waals surface area contributed by atoms with E-state index >= 15 is 0 Å². The van der Waals surface area contributed by atoms with Crippen molar-refractivity contribution in [1.29, 1.82) is 0 Å². The predicted octanol–water partition coefficient (Wildman–Crippen LogP) is 2.63. The summed E-state index contributed by atoms with van der Waals surface area (Å²) in [7, 11) is 0. The molecular weight excluding hydrogens is 273 g/mol. The van der Waals surface area contributed by atoms with E-state index < -0.39 is 5.82 Å². The molecule has 0 spiro atoms. The normalized spacial score (nSPS) is 17.9. The molecule has 1 aromatic carbocycles. The number of hydrogen-bond acceptors (Lipinski definition) is 2. The van der Waals surface area contributed by atoms with E-state index in [1.54, 1.807) is 12.1 Å². The lowest BCUT2D eigenvalue weighted by Gasteiger charge is -2.31. The standard InChI is InChI=1S/C12H13BrFNO/c1-7(8-5-15-6-8)12(16)10-4-9(13)2-3-11(10)14/h2-4,7-8,15H,5-6H2,1H3. The van der Waals surface area contributed by atoms with Gasteiger partial charge in [0.05, 0.1) is 5.56 Å². The van der Waals surface area contributed by atoms with Crippen molar-refractivity contribution in [1.82, 2.24) is 5.32 Å². The molecule has 1 aromatic rings. The topological polar surface area (TPSA) is 29.1 Å². The van der Waals surface area contributed by atoms with Crippen molar-refractivity contribution in [3.8, 4) is 0 Å². The predicted molar refractivity (Wildman–Crippen MR) is 64.0 cm³/mol. The molecule has 2 nitrogen and oxygen atoms in total. The fraction of sp³-hybridized carbons (Fsp3) is 0.417. The van der Waals surface area contributed by atoms with Gasteiger partial charge in [-0.3, -0.25) is 4.79 Å². The lowest BCUT2D eigenvalue weighted by Crippen LogP contribution is -2.47. The van der Waals surface area contributed by atoms with Crippen LogP contribution in [0.4, 0.5) is 4.39 Å². The first-order valence-corrected chi connectivity index (χ1v) is 6.09. The minimum absolute atomic E-state index is 0.106. The van der Waals surface area contributed by atoms with Crippen LogP contribution in [0.15, 0.2) is 22.7 Å². The van der Waals surface area contributed by atoms with E-state index in [4.69, 9.17) is 0 Å². The van der Waals surface area contributed by atoms with Crippen molar-refractivity contribution in [2.75, 3.05) is 13.1 Å². The van der Waals surface area contributed by atoms with Crippen molar-refractivity contribution >= 4 is 21.7 Å². The summed E-state index contributed by atoms with van der Waals surface area (Å²) in [4.78, 5) is 12.1. The Morgan fingerprint density at radius 3 is 2.81 bits per heavy atom. The summed E-state index contributed by atoms with van der Waals surface area (Å²) in [6.45, 7) is 3.57. The van der Waals surface area contributed by atoms with Gasteiger partial charge in [-0.15, -0.1) is 0 Å². The Labute approximate surface area is 102 Å². The van der Waals surface area contributed by atoms with E-state index in [0.29, 0.717) is 5.92 Å². The summed E-state index contributed by atoms with van der Waals surface area (Å²) in [5, 5.41) is 3.12. The number of hydrogen-bond donors (Lipinski definition) is 1. The molecule has 0 aliphatic carbocycles. The van der Waals surface area contributed by atoms with Crippen molar-refractivity contribution < 1.29 is 9.18 Å². The zero-order chi connectivity index (χ0) is 11.7. The monoisotopic (exact) mass is 285 g/mol. The van der Waals surface area contributed by atoms with Gasteiger partial charge in [-0.2, -0.15) is 0 Å². The van der Waals surface area contributed by atoms with Gasteiger partial charge in [0, 0.05) is 10.4 Å². The number of ketones is 1. The van der Waals surface area contributed by atoms with E-state index in [-0.39, 0.29) is 17.3 Å². The number of Topliss-reactive ketones (excluding diaryl/α,β-unsaturated/α-hetero) is 1. The van der Waals surface area contributed by atoms with Crippen LogP contribution in [-0.2, 0) is 0 Å². The molecule has 0 saturated carbocycles. The van der Waals surface area contributed by atoms with Crippen LogP contribution in [0.3, 0.4) is 0 Å². The van der Waals surface area contributed by atoms with Crippen LogP contribution in [-0.4, -0.2) is 18.9 Å². The van der Waals surface area contributed by atoms with Gasteiger partial charge in [-0.05, 0) is 37.2 Å². The number of nitrogens with one attached hydrogen (secondary N) is 1. The molecule has 0 aromatic heterocycles. The number of halogens is 2. The fourth-order valence-electron chi connectivity index (χ4n) is 1.81. The molecule has 1 aliphatic rings. The average molecular weight is 286 g/mol. The maximum Gasteiger partial charge on any atom is 0.169 e. The molecule has 0 radical (unpaired) electrons. The highest BCUT2D eigenvalue weighted by Gasteiger charge is 2.30. The first kappa shape index (κ1) is 11.7. The summed E-state index contributed by atoms with van der Waals surface area (Å²) >= 11 is 3.25. The largest absolute Gasteiger partial charge is 0.316 e. The van der Waals surface area contributed by atoms with Gasteiger partial charge < -0.3 is 5.32 Å². The van der Waals surface area contributed by atoms with Crippen LogP contribution in [0.1, 0.15) is 17.3 Å². The Morgan fingerprint density at radius 1 is 1.56 bits per heavy atom. The lowest BCUT2D eigenvalue weighted by molar-refractivity contribution is 0.0849. The molecule has 1 aliphatic heterocycles. The second-order valence-corrected chi connectivity index (χ2v) is 5.11. The van der Waals surface area contributed by atoms with Gasteiger partial charge in [0.2, 0.25) is 0 Å². The molecule has 0 amide bonds. The van der Waals surface area contributed by atoms with Crippen LogP contribution in [0.5, 0.6) is 0 Å². The third-order valence-electron chi connectivity index (χ3n) is 3.13. The fourth-order valence-corrected chi connectivity index (χ4v) is 2.17. The second kappa shape index (κ2) is 4.63. The van der Waals surface area contributed by atoms with Gasteiger partial charge in [0.15, 0.2) is 5.78 Å². The zero-order valence-electron chi connectivity index (χ0n) is 8.97. The lowest BCUT2D eigenvalue weighted by atomic mass is 9.83. The second-order valence-electron chi connectivity index (χ2n) is 4.20. The number of rotatable bonds is 3. The molecule has 86 valence electrons. The molecule has 1 fully saturated rings. The molecule has 1 atom stereocenters. The van der Waals surface area contributed by atoms with Crippen molar-refractivity contribution in [3.63, 3.8) is 0 Å². The van der Waals surface area contributed by atoms with Crippen LogP contribution < -0.4 is 5.32 Å². The number of benzene rings is 1. The molecule has 1 saturated heterocycles. The number of carbonyl (C=O) groups excluding carboxylic acids is 1. The molecule has 16 heavy (non-hydrogen) atoms. The van der Waals surface area contributed by atoms with E-state index in [9.17, 15) is 9.18 Å². The Balaban J connectivity index is 2.22. The highest BCUT2D eigenvalue weighted by Crippen LogP contribution is 2.24. The summed E-state index contributed by atoms with van der Waals surface area (Å²) in [6, 6.07) is 4.48. The minimum atomic E-state index is -0.438. The molecular formula is C12H13BrFNO. The van der Waals surface area contributed by atoms with E-state index in [0.717, 1.165) is 17.6 Å².